The van der Waals surface area contributed by atoms with Crippen LogP contribution < -0.4 is 5.32 Å². The summed E-state index contributed by atoms with van der Waals surface area (Å²) in [6, 6.07) is 7.13. The van der Waals surface area contributed by atoms with E-state index in [0.717, 1.165) is 25.7 Å². The van der Waals surface area contributed by atoms with Crippen molar-refractivity contribution in [2.45, 2.75) is 50.5 Å². The number of amides is 1. The lowest BCUT2D eigenvalue weighted by atomic mass is 9.64. The molecule has 2 heteroatoms. The predicted molar refractivity (Wildman–Crippen MR) is 77.2 cm³/mol. The second-order valence-corrected chi connectivity index (χ2v) is 6.06. The van der Waals surface area contributed by atoms with Gasteiger partial charge in [0.15, 0.2) is 0 Å². The standard InChI is InChI=1S/C17H21NO/c1-3-4-12-5-7-14-13(11-12)6-8-15-17(14,2)10-9-16(19)18-15/h3,5,7,11,15H,1,4,6,8-10H2,2H3,(H,18,19). The van der Waals surface area contributed by atoms with E-state index >= 15 is 0 Å². The normalized spacial score (nSPS) is 29.1. The number of nitrogens with one attached hydrogen (secondary N) is 1. The smallest absolute Gasteiger partial charge is 0.220 e. The fourth-order valence-corrected chi connectivity index (χ4v) is 3.69. The molecule has 1 aromatic carbocycles. The molecule has 0 spiro atoms. The lowest BCUT2D eigenvalue weighted by Gasteiger charge is -2.46. The SMILES string of the molecule is C=CCc1ccc2c(c1)CCC1NC(=O)CCC21C. The molecule has 2 unspecified atom stereocenters. The molecule has 2 atom stereocenters. The van der Waals surface area contributed by atoms with Crippen molar-refractivity contribution >= 4 is 5.91 Å². The van der Waals surface area contributed by atoms with Crippen LogP contribution in [-0.2, 0) is 23.1 Å². The summed E-state index contributed by atoms with van der Waals surface area (Å²) in [5.74, 6) is 0.217. The zero-order chi connectivity index (χ0) is 13.5. The Labute approximate surface area is 114 Å². The fourth-order valence-electron chi connectivity index (χ4n) is 3.69. The molecule has 0 bridgehead atoms. The van der Waals surface area contributed by atoms with E-state index in [1.54, 1.807) is 0 Å². The Bertz CT molecular complexity index is 534. The van der Waals surface area contributed by atoms with Gasteiger partial charge in [-0.15, -0.1) is 6.58 Å². The summed E-state index contributed by atoms with van der Waals surface area (Å²) in [6.07, 6.45) is 6.64. The van der Waals surface area contributed by atoms with Gasteiger partial charge in [-0.05, 0) is 42.4 Å². The summed E-state index contributed by atoms with van der Waals surface area (Å²) in [4.78, 5) is 11.6. The summed E-state index contributed by atoms with van der Waals surface area (Å²) in [5.41, 5.74) is 4.37. The Morgan fingerprint density at radius 2 is 2.32 bits per heavy atom. The van der Waals surface area contributed by atoms with E-state index in [1.807, 2.05) is 6.08 Å². The number of benzene rings is 1. The van der Waals surface area contributed by atoms with Crippen LogP contribution in [0.25, 0.3) is 0 Å². The van der Waals surface area contributed by atoms with E-state index in [-0.39, 0.29) is 11.3 Å². The third-order valence-corrected chi connectivity index (χ3v) is 4.84. The first-order valence-electron chi connectivity index (χ1n) is 7.16. The van der Waals surface area contributed by atoms with Gasteiger partial charge in [0, 0.05) is 17.9 Å². The lowest BCUT2D eigenvalue weighted by Crippen LogP contribution is -2.55. The highest BCUT2D eigenvalue weighted by Gasteiger charge is 2.43. The number of allylic oxidation sites excluding steroid dienone is 1. The maximum atomic E-state index is 11.6. The summed E-state index contributed by atoms with van der Waals surface area (Å²) < 4.78 is 0. The molecular weight excluding hydrogens is 234 g/mol. The Balaban J connectivity index is 1.99. The van der Waals surface area contributed by atoms with E-state index < -0.39 is 0 Å². The Morgan fingerprint density at radius 1 is 1.47 bits per heavy atom. The topological polar surface area (TPSA) is 29.1 Å². The molecule has 0 radical (unpaired) electrons. The van der Waals surface area contributed by atoms with Gasteiger partial charge in [0.05, 0.1) is 0 Å². The largest absolute Gasteiger partial charge is 0.352 e. The molecule has 1 amide bonds. The third-order valence-electron chi connectivity index (χ3n) is 4.84. The first kappa shape index (κ1) is 12.5. The third kappa shape index (κ3) is 1.99. The Morgan fingerprint density at radius 3 is 3.11 bits per heavy atom. The van der Waals surface area contributed by atoms with Crippen molar-refractivity contribution in [3.05, 3.63) is 47.5 Å². The summed E-state index contributed by atoms with van der Waals surface area (Å²) in [6.45, 7) is 6.12. The number of carbonyl (C=O) groups excluding carboxylic acids is 1. The minimum atomic E-state index is 0.119. The highest BCUT2D eigenvalue weighted by Crippen LogP contribution is 2.42. The molecular formula is C17H21NO. The molecule has 1 saturated heterocycles. The van der Waals surface area contributed by atoms with E-state index in [1.165, 1.54) is 16.7 Å². The second-order valence-electron chi connectivity index (χ2n) is 6.06. The molecule has 1 N–H and O–H groups in total. The second kappa shape index (κ2) is 4.52. The zero-order valence-corrected chi connectivity index (χ0v) is 11.5. The quantitative estimate of drug-likeness (QED) is 0.809. The number of hydrogen-bond donors (Lipinski definition) is 1. The van der Waals surface area contributed by atoms with Crippen molar-refractivity contribution in [3.8, 4) is 0 Å². The maximum Gasteiger partial charge on any atom is 0.220 e. The maximum absolute atomic E-state index is 11.6. The summed E-state index contributed by atoms with van der Waals surface area (Å²) >= 11 is 0. The molecule has 1 fully saturated rings. The van der Waals surface area contributed by atoms with Crippen LogP contribution in [0.3, 0.4) is 0 Å². The number of carbonyl (C=O) groups is 1. The molecule has 100 valence electrons. The summed E-state index contributed by atoms with van der Waals surface area (Å²) in [5, 5.41) is 3.18. The number of rotatable bonds is 2. The van der Waals surface area contributed by atoms with Crippen molar-refractivity contribution in [3.63, 3.8) is 0 Å². The van der Waals surface area contributed by atoms with Gasteiger partial charge in [0.25, 0.3) is 0 Å². The van der Waals surface area contributed by atoms with Crippen molar-refractivity contribution in [1.29, 1.82) is 0 Å². The molecule has 3 rings (SSSR count). The van der Waals surface area contributed by atoms with Gasteiger partial charge >= 0.3 is 0 Å². The van der Waals surface area contributed by atoms with Gasteiger partial charge in [0.2, 0.25) is 5.91 Å². The molecule has 0 saturated carbocycles. The summed E-state index contributed by atoms with van der Waals surface area (Å²) in [7, 11) is 0. The van der Waals surface area contributed by atoms with Crippen LogP contribution in [0.4, 0.5) is 0 Å². The van der Waals surface area contributed by atoms with Crippen LogP contribution in [0.5, 0.6) is 0 Å². The number of fused-ring (bicyclic) bond motifs is 3. The first-order valence-corrected chi connectivity index (χ1v) is 7.16. The van der Waals surface area contributed by atoms with Crippen molar-refractivity contribution in [2.75, 3.05) is 0 Å². The number of piperidine rings is 1. The Hall–Kier alpha value is -1.57. The van der Waals surface area contributed by atoms with Crippen LogP contribution in [0.1, 0.15) is 42.9 Å². The van der Waals surface area contributed by atoms with Gasteiger partial charge in [-0.25, -0.2) is 0 Å². The van der Waals surface area contributed by atoms with E-state index in [9.17, 15) is 4.79 Å². The van der Waals surface area contributed by atoms with Gasteiger partial charge < -0.3 is 5.32 Å². The van der Waals surface area contributed by atoms with E-state index in [0.29, 0.717) is 12.5 Å². The highest BCUT2D eigenvalue weighted by molar-refractivity contribution is 5.78. The van der Waals surface area contributed by atoms with E-state index in [4.69, 9.17) is 0 Å². The molecule has 1 heterocycles. The average molecular weight is 255 g/mol. The van der Waals surface area contributed by atoms with Gasteiger partial charge in [-0.3, -0.25) is 4.79 Å². The molecule has 2 aliphatic rings. The van der Waals surface area contributed by atoms with Crippen molar-refractivity contribution in [2.24, 2.45) is 0 Å². The minimum Gasteiger partial charge on any atom is -0.352 e. The van der Waals surface area contributed by atoms with Gasteiger partial charge in [-0.1, -0.05) is 31.2 Å². The fraction of sp³-hybridized carbons (Fsp3) is 0.471. The predicted octanol–water partition coefficient (Wildman–Crippen LogP) is 2.90. The molecule has 19 heavy (non-hydrogen) atoms. The van der Waals surface area contributed by atoms with Crippen LogP contribution in [0.15, 0.2) is 30.9 Å². The van der Waals surface area contributed by atoms with Crippen LogP contribution in [0, 0.1) is 0 Å². The Kier molecular flexibility index (Phi) is 2.96. The van der Waals surface area contributed by atoms with Crippen molar-refractivity contribution in [1.82, 2.24) is 5.32 Å². The van der Waals surface area contributed by atoms with Crippen LogP contribution in [-0.4, -0.2) is 11.9 Å². The number of hydrogen-bond acceptors (Lipinski definition) is 1. The van der Waals surface area contributed by atoms with Gasteiger partial charge in [-0.2, -0.15) is 0 Å². The molecule has 2 nitrogen and oxygen atoms in total. The monoisotopic (exact) mass is 255 g/mol. The minimum absolute atomic E-state index is 0.119. The molecule has 1 aliphatic carbocycles. The van der Waals surface area contributed by atoms with E-state index in [2.05, 4.69) is 37.0 Å². The average Bonchev–Trinajstić information content (AvgIpc) is 2.40. The van der Waals surface area contributed by atoms with Crippen molar-refractivity contribution < 1.29 is 4.79 Å². The van der Waals surface area contributed by atoms with Crippen LogP contribution >= 0.6 is 0 Å². The highest BCUT2D eigenvalue weighted by atomic mass is 16.1. The molecule has 1 aromatic rings. The zero-order valence-electron chi connectivity index (χ0n) is 11.5. The number of aryl methyl sites for hydroxylation is 1. The van der Waals surface area contributed by atoms with Crippen LogP contribution in [0.2, 0.25) is 0 Å². The first-order chi connectivity index (χ1) is 9.13. The lowest BCUT2D eigenvalue weighted by molar-refractivity contribution is -0.125. The molecule has 1 aliphatic heterocycles. The molecule has 0 aromatic heterocycles. The van der Waals surface area contributed by atoms with Gasteiger partial charge in [0.1, 0.15) is 0 Å².